The molecule has 0 aromatic carbocycles. The van der Waals surface area contributed by atoms with Gasteiger partial charge in [-0.3, -0.25) is 0 Å². The number of hydrogen-bond donors (Lipinski definition) is 1. The molecule has 0 saturated carbocycles. The molecule has 0 bridgehead atoms. The summed E-state index contributed by atoms with van der Waals surface area (Å²) in [6.07, 6.45) is 0. The predicted octanol–water partition coefficient (Wildman–Crippen LogP) is 2.56. The SMILES string of the molecule is CCNCCN(C)c1cc(Br)cs1. The molecule has 0 spiro atoms. The van der Waals surface area contributed by atoms with E-state index in [0.717, 1.165) is 19.6 Å². The van der Waals surface area contributed by atoms with E-state index in [2.05, 4.69) is 51.6 Å². The van der Waals surface area contributed by atoms with Crippen LogP contribution in [-0.2, 0) is 0 Å². The highest BCUT2D eigenvalue weighted by molar-refractivity contribution is 9.10. The largest absolute Gasteiger partial charge is 0.365 e. The summed E-state index contributed by atoms with van der Waals surface area (Å²) < 4.78 is 1.17. The number of hydrogen-bond acceptors (Lipinski definition) is 3. The second-order valence-electron chi connectivity index (χ2n) is 2.88. The minimum atomic E-state index is 1.04. The second kappa shape index (κ2) is 5.62. The van der Waals surface area contributed by atoms with Gasteiger partial charge in [0.1, 0.15) is 0 Å². The van der Waals surface area contributed by atoms with Crippen molar-refractivity contribution >= 4 is 32.3 Å². The highest BCUT2D eigenvalue weighted by atomic mass is 79.9. The molecule has 1 N–H and O–H groups in total. The van der Waals surface area contributed by atoms with Crippen LogP contribution in [0.25, 0.3) is 0 Å². The van der Waals surface area contributed by atoms with Crippen molar-refractivity contribution in [3.8, 4) is 0 Å². The van der Waals surface area contributed by atoms with Crippen molar-refractivity contribution in [3.05, 3.63) is 15.9 Å². The average Bonchev–Trinajstić information content (AvgIpc) is 2.52. The second-order valence-corrected chi connectivity index (χ2v) is 4.68. The molecule has 1 heterocycles. The van der Waals surface area contributed by atoms with Gasteiger partial charge in [-0.1, -0.05) is 6.92 Å². The molecule has 1 aromatic heterocycles. The number of nitrogens with zero attached hydrogens (tertiary/aromatic N) is 1. The Hall–Kier alpha value is -0.0600. The first kappa shape index (κ1) is 11.0. The van der Waals surface area contributed by atoms with Crippen LogP contribution in [0.15, 0.2) is 15.9 Å². The monoisotopic (exact) mass is 262 g/mol. The standard InChI is InChI=1S/C9H15BrN2S/c1-3-11-4-5-12(2)9-6-8(10)7-13-9/h6-7,11H,3-5H2,1-2H3. The van der Waals surface area contributed by atoms with E-state index in [1.54, 1.807) is 11.3 Å². The zero-order valence-electron chi connectivity index (χ0n) is 8.01. The van der Waals surface area contributed by atoms with Crippen molar-refractivity contribution < 1.29 is 0 Å². The maximum absolute atomic E-state index is 3.45. The van der Waals surface area contributed by atoms with Crippen LogP contribution in [0, 0.1) is 0 Å². The van der Waals surface area contributed by atoms with Crippen LogP contribution < -0.4 is 10.2 Å². The average molecular weight is 263 g/mol. The number of nitrogens with one attached hydrogen (secondary N) is 1. The normalized spacial score (nSPS) is 10.4. The molecular weight excluding hydrogens is 248 g/mol. The van der Waals surface area contributed by atoms with E-state index in [1.807, 2.05) is 0 Å². The third-order valence-electron chi connectivity index (χ3n) is 1.80. The fourth-order valence-corrected chi connectivity index (χ4v) is 2.45. The predicted molar refractivity (Wildman–Crippen MR) is 63.8 cm³/mol. The number of anilines is 1. The minimum absolute atomic E-state index is 1.04. The summed E-state index contributed by atoms with van der Waals surface area (Å²) in [4.78, 5) is 2.26. The van der Waals surface area contributed by atoms with Crippen LogP contribution in [0.4, 0.5) is 5.00 Å². The molecule has 1 rings (SSSR count). The lowest BCUT2D eigenvalue weighted by Crippen LogP contribution is -2.28. The lowest BCUT2D eigenvalue weighted by Gasteiger charge is -2.16. The van der Waals surface area contributed by atoms with Crippen molar-refractivity contribution in [2.24, 2.45) is 0 Å². The molecule has 0 aliphatic carbocycles. The molecule has 0 amide bonds. The quantitative estimate of drug-likeness (QED) is 0.821. The van der Waals surface area contributed by atoms with Crippen molar-refractivity contribution in [3.63, 3.8) is 0 Å². The molecule has 74 valence electrons. The van der Waals surface area contributed by atoms with Crippen LogP contribution in [0.2, 0.25) is 0 Å². The maximum Gasteiger partial charge on any atom is 0.0918 e. The summed E-state index contributed by atoms with van der Waals surface area (Å²) in [7, 11) is 2.12. The van der Waals surface area contributed by atoms with E-state index in [-0.39, 0.29) is 0 Å². The molecule has 0 atom stereocenters. The van der Waals surface area contributed by atoms with Gasteiger partial charge in [0, 0.05) is 30.0 Å². The summed E-state index contributed by atoms with van der Waals surface area (Å²) in [5.41, 5.74) is 0. The van der Waals surface area contributed by atoms with Gasteiger partial charge in [0.2, 0.25) is 0 Å². The van der Waals surface area contributed by atoms with Crippen molar-refractivity contribution in [1.82, 2.24) is 5.32 Å². The van der Waals surface area contributed by atoms with Crippen LogP contribution in [0.1, 0.15) is 6.92 Å². The van der Waals surface area contributed by atoms with Gasteiger partial charge in [-0.2, -0.15) is 0 Å². The van der Waals surface area contributed by atoms with Crippen molar-refractivity contribution in [1.29, 1.82) is 0 Å². The zero-order chi connectivity index (χ0) is 9.68. The molecule has 4 heteroatoms. The topological polar surface area (TPSA) is 15.3 Å². The van der Waals surface area contributed by atoms with Gasteiger partial charge in [0.05, 0.1) is 5.00 Å². The summed E-state index contributed by atoms with van der Waals surface area (Å²) in [6, 6.07) is 2.15. The zero-order valence-corrected chi connectivity index (χ0v) is 10.4. The van der Waals surface area contributed by atoms with Gasteiger partial charge in [0.15, 0.2) is 0 Å². The Morgan fingerprint density at radius 3 is 2.92 bits per heavy atom. The fourth-order valence-electron chi connectivity index (χ4n) is 1.04. The Labute approximate surface area is 92.1 Å². The van der Waals surface area contributed by atoms with Crippen molar-refractivity contribution in [2.45, 2.75) is 6.92 Å². The fraction of sp³-hybridized carbons (Fsp3) is 0.556. The molecule has 13 heavy (non-hydrogen) atoms. The Balaban J connectivity index is 2.35. The molecule has 0 saturated heterocycles. The first-order chi connectivity index (χ1) is 6.24. The summed E-state index contributed by atoms with van der Waals surface area (Å²) >= 11 is 5.22. The van der Waals surface area contributed by atoms with E-state index < -0.39 is 0 Å². The van der Waals surface area contributed by atoms with Crippen LogP contribution in [0.3, 0.4) is 0 Å². The maximum atomic E-state index is 3.45. The number of halogens is 1. The van der Waals surface area contributed by atoms with E-state index >= 15 is 0 Å². The lowest BCUT2D eigenvalue weighted by molar-refractivity contribution is 0.708. The Morgan fingerprint density at radius 2 is 2.38 bits per heavy atom. The number of likely N-dealkylation sites (N-methyl/N-ethyl adjacent to an activating group) is 2. The first-order valence-electron chi connectivity index (χ1n) is 4.40. The van der Waals surface area contributed by atoms with E-state index in [1.165, 1.54) is 9.47 Å². The van der Waals surface area contributed by atoms with E-state index in [4.69, 9.17) is 0 Å². The molecule has 0 aliphatic rings. The summed E-state index contributed by atoms with van der Waals surface area (Å²) in [5.74, 6) is 0. The molecule has 0 unspecified atom stereocenters. The molecule has 0 radical (unpaired) electrons. The van der Waals surface area contributed by atoms with Crippen LogP contribution in [-0.4, -0.2) is 26.7 Å². The van der Waals surface area contributed by atoms with Gasteiger partial charge in [-0.05, 0) is 28.5 Å². The van der Waals surface area contributed by atoms with Gasteiger partial charge in [-0.15, -0.1) is 11.3 Å². The Morgan fingerprint density at radius 1 is 1.62 bits per heavy atom. The molecule has 0 aliphatic heterocycles. The Bertz CT molecular complexity index is 250. The van der Waals surface area contributed by atoms with Gasteiger partial charge in [0.25, 0.3) is 0 Å². The highest BCUT2D eigenvalue weighted by Crippen LogP contribution is 2.26. The van der Waals surface area contributed by atoms with E-state index in [9.17, 15) is 0 Å². The summed E-state index contributed by atoms with van der Waals surface area (Å²) in [5, 5.41) is 6.73. The first-order valence-corrected chi connectivity index (χ1v) is 6.07. The number of rotatable bonds is 5. The lowest BCUT2D eigenvalue weighted by atomic mass is 10.5. The summed E-state index contributed by atoms with van der Waals surface area (Å²) in [6.45, 7) is 5.27. The van der Waals surface area contributed by atoms with E-state index in [0.29, 0.717) is 0 Å². The van der Waals surface area contributed by atoms with Gasteiger partial charge < -0.3 is 10.2 Å². The van der Waals surface area contributed by atoms with Crippen LogP contribution >= 0.6 is 27.3 Å². The molecule has 0 fully saturated rings. The molecule has 2 nitrogen and oxygen atoms in total. The molecular formula is C9H15BrN2S. The third-order valence-corrected chi connectivity index (χ3v) is 3.61. The Kier molecular flexibility index (Phi) is 4.77. The third kappa shape index (κ3) is 3.67. The van der Waals surface area contributed by atoms with Gasteiger partial charge >= 0.3 is 0 Å². The minimum Gasteiger partial charge on any atom is -0.365 e. The van der Waals surface area contributed by atoms with Crippen LogP contribution in [0.5, 0.6) is 0 Å². The highest BCUT2D eigenvalue weighted by Gasteiger charge is 2.02. The molecule has 1 aromatic rings. The van der Waals surface area contributed by atoms with Gasteiger partial charge in [-0.25, -0.2) is 0 Å². The smallest absolute Gasteiger partial charge is 0.0918 e. The van der Waals surface area contributed by atoms with Crippen molar-refractivity contribution in [2.75, 3.05) is 31.6 Å². The number of thiophene rings is 1.